The van der Waals surface area contributed by atoms with Gasteiger partial charge in [0, 0.05) is 39.3 Å². The number of hydrogen-bond donors (Lipinski definition) is 2. The summed E-state index contributed by atoms with van der Waals surface area (Å²) >= 11 is 0. The number of rotatable bonds is 12. The largest absolute Gasteiger partial charge is 0.466 e. The maximum atomic E-state index is 13.8. The van der Waals surface area contributed by atoms with Crippen molar-refractivity contribution in [3.8, 4) is 0 Å². The van der Waals surface area contributed by atoms with Gasteiger partial charge in [-0.25, -0.2) is 0 Å². The molecule has 0 saturated carbocycles. The number of esters is 1. The molecule has 4 heterocycles. The van der Waals surface area contributed by atoms with Crippen LogP contribution in [0, 0.1) is 11.8 Å². The molecule has 0 aromatic rings. The van der Waals surface area contributed by atoms with Crippen molar-refractivity contribution in [1.29, 1.82) is 0 Å². The van der Waals surface area contributed by atoms with E-state index in [0.29, 0.717) is 39.1 Å². The SMILES string of the molecule is CCOC(=O)[C@H]1[C@H]2C(=O)N(CCCCCCO)C(C(=O)NCCN3CCOCC3)C23CC[C@]1(C)O3. The number of aliphatic hydroxyl groups excluding tert-OH is 1. The predicted molar refractivity (Wildman–Crippen MR) is 126 cm³/mol. The molecule has 2 amide bonds. The van der Waals surface area contributed by atoms with Gasteiger partial charge in [-0.05, 0) is 39.5 Å². The number of hydrogen-bond acceptors (Lipinski definition) is 8. The molecule has 0 aliphatic carbocycles. The second-order valence-electron chi connectivity index (χ2n) is 10.4. The van der Waals surface area contributed by atoms with Gasteiger partial charge >= 0.3 is 5.97 Å². The van der Waals surface area contributed by atoms with Crippen molar-refractivity contribution in [3.05, 3.63) is 0 Å². The van der Waals surface area contributed by atoms with E-state index < -0.39 is 35.0 Å². The molecule has 4 saturated heterocycles. The highest BCUT2D eigenvalue weighted by atomic mass is 16.6. The first-order valence-electron chi connectivity index (χ1n) is 13.2. The second-order valence-corrected chi connectivity index (χ2v) is 10.4. The van der Waals surface area contributed by atoms with Crippen molar-refractivity contribution in [2.45, 2.75) is 69.6 Å². The van der Waals surface area contributed by atoms with Crippen molar-refractivity contribution in [2.75, 3.05) is 59.2 Å². The van der Waals surface area contributed by atoms with Crippen LogP contribution in [0.3, 0.4) is 0 Å². The van der Waals surface area contributed by atoms with E-state index in [-0.39, 0.29) is 25.0 Å². The summed E-state index contributed by atoms with van der Waals surface area (Å²) < 4.78 is 17.3. The van der Waals surface area contributed by atoms with Crippen LogP contribution in [0.4, 0.5) is 0 Å². The van der Waals surface area contributed by atoms with Crippen molar-refractivity contribution in [3.63, 3.8) is 0 Å². The highest BCUT2D eigenvalue weighted by Gasteiger charge is 2.78. The number of unbranched alkanes of at least 4 members (excludes halogenated alkanes) is 3. The molecule has 4 aliphatic rings. The minimum absolute atomic E-state index is 0.148. The smallest absolute Gasteiger partial charge is 0.312 e. The van der Waals surface area contributed by atoms with Gasteiger partial charge in [-0.2, -0.15) is 0 Å². The minimum atomic E-state index is -1.00. The van der Waals surface area contributed by atoms with Crippen molar-refractivity contribution < 1.29 is 33.7 Å². The first-order chi connectivity index (χ1) is 16.9. The lowest BCUT2D eigenvalue weighted by Gasteiger charge is -2.34. The van der Waals surface area contributed by atoms with E-state index in [1.807, 2.05) is 6.92 Å². The number of carbonyl (C=O) groups excluding carboxylic acids is 3. The van der Waals surface area contributed by atoms with Crippen LogP contribution in [0.5, 0.6) is 0 Å². The van der Waals surface area contributed by atoms with Crippen molar-refractivity contribution >= 4 is 17.8 Å². The lowest BCUT2D eigenvalue weighted by molar-refractivity contribution is -0.159. The van der Waals surface area contributed by atoms with Crippen LogP contribution in [-0.4, -0.2) is 109 Å². The number of fused-ring (bicyclic) bond motifs is 1. The summed E-state index contributed by atoms with van der Waals surface area (Å²) in [5.41, 5.74) is -1.80. The first kappa shape index (κ1) is 26.3. The normalized spacial score (nSPS) is 34.3. The molecule has 5 atom stereocenters. The van der Waals surface area contributed by atoms with E-state index in [1.165, 1.54) is 0 Å². The summed E-state index contributed by atoms with van der Waals surface area (Å²) in [6.45, 7) is 8.72. The van der Waals surface area contributed by atoms with Gasteiger partial charge in [0.1, 0.15) is 17.6 Å². The average molecular weight is 496 g/mol. The van der Waals surface area contributed by atoms with Gasteiger partial charge in [0.2, 0.25) is 11.8 Å². The fourth-order valence-electron chi connectivity index (χ4n) is 6.56. The molecule has 4 fully saturated rings. The summed E-state index contributed by atoms with van der Waals surface area (Å²) in [4.78, 5) is 44.3. The van der Waals surface area contributed by atoms with E-state index in [2.05, 4.69) is 10.2 Å². The molecule has 2 N–H and O–H groups in total. The molecule has 35 heavy (non-hydrogen) atoms. The zero-order valence-electron chi connectivity index (χ0n) is 21.1. The maximum Gasteiger partial charge on any atom is 0.312 e. The van der Waals surface area contributed by atoms with Crippen molar-refractivity contribution in [1.82, 2.24) is 15.1 Å². The van der Waals surface area contributed by atoms with Crippen LogP contribution in [0.25, 0.3) is 0 Å². The van der Waals surface area contributed by atoms with Crippen LogP contribution in [-0.2, 0) is 28.6 Å². The average Bonchev–Trinajstić information content (AvgIpc) is 3.40. The van der Waals surface area contributed by atoms with Gasteiger partial charge in [0.05, 0.1) is 31.3 Å². The molecule has 2 bridgehead atoms. The monoisotopic (exact) mass is 495 g/mol. The molecule has 4 rings (SSSR count). The standard InChI is InChI=1S/C25H41N3O7/c1-3-34-23(32)19-18-22(31)28(11-6-4-5-7-15-29)20(25(18)9-8-24(19,2)35-25)21(30)26-10-12-27-13-16-33-17-14-27/h18-20,29H,3-17H2,1-2H3,(H,26,30)/t18-,19+,20?,24-,25?/m0/s1. The quantitative estimate of drug-likeness (QED) is 0.294. The number of ether oxygens (including phenoxy) is 3. The first-order valence-corrected chi connectivity index (χ1v) is 13.2. The van der Waals surface area contributed by atoms with Crippen LogP contribution < -0.4 is 5.32 Å². The number of nitrogens with one attached hydrogen (secondary N) is 1. The van der Waals surface area contributed by atoms with Crippen molar-refractivity contribution in [2.24, 2.45) is 11.8 Å². The molecule has 198 valence electrons. The molecule has 10 nitrogen and oxygen atoms in total. The molecule has 10 heteroatoms. The third-order valence-electron chi connectivity index (χ3n) is 8.20. The summed E-state index contributed by atoms with van der Waals surface area (Å²) in [6.07, 6.45) is 4.35. The van der Waals surface area contributed by atoms with Gasteiger partial charge < -0.3 is 29.5 Å². The Hall–Kier alpha value is -1.75. The fraction of sp³-hybridized carbons (Fsp3) is 0.880. The summed E-state index contributed by atoms with van der Waals surface area (Å²) in [6, 6.07) is -0.760. The number of carbonyl (C=O) groups is 3. The van der Waals surface area contributed by atoms with E-state index in [9.17, 15) is 14.4 Å². The lowest BCUT2D eigenvalue weighted by atomic mass is 9.66. The molecule has 0 aromatic carbocycles. The van der Waals surface area contributed by atoms with Gasteiger partial charge in [-0.3, -0.25) is 19.3 Å². The Labute approximate surface area is 207 Å². The van der Waals surface area contributed by atoms with Gasteiger partial charge in [0.15, 0.2) is 0 Å². The topological polar surface area (TPSA) is 118 Å². The third kappa shape index (κ3) is 4.95. The number of amides is 2. The molecule has 0 aromatic heterocycles. The molecular formula is C25H41N3O7. The number of aliphatic hydroxyl groups is 1. The lowest BCUT2D eigenvalue weighted by Crippen LogP contribution is -2.56. The number of likely N-dealkylation sites (tertiary alicyclic amines) is 1. The number of nitrogens with zero attached hydrogens (tertiary/aromatic N) is 2. The fourth-order valence-corrected chi connectivity index (χ4v) is 6.56. The Morgan fingerprint density at radius 1 is 1.14 bits per heavy atom. The maximum absolute atomic E-state index is 13.8. The van der Waals surface area contributed by atoms with Crippen LogP contribution in [0.1, 0.15) is 52.4 Å². The Morgan fingerprint density at radius 3 is 2.60 bits per heavy atom. The van der Waals surface area contributed by atoms with Gasteiger partial charge in [0.25, 0.3) is 0 Å². The summed E-state index contributed by atoms with van der Waals surface area (Å²) in [7, 11) is 0. The Balaban J connectivity index is 1.51. The molecule has 4 aliphatic heterocycles. The van der Waals surface area contributed by atoms with Gasteiger partial charge in [-0.1, -0.05) is 12.8 Å². The van der Waals surface area contributed by atoms with Crippen LogP contribution in [0.2, 0.25) is 0 Å². The molecule has 1 spiro atoms. The highest BCUT2D eigenvalue weighted by molar-refractivity contribution is 5.98. The summed E-state index contributed by atoms with van der Waals surface area (Å²) in [5.74, 6) is -2.20. The minimum Gasteiger partial charge on any atom is -0.466 e. The van der Waals surface area contributed by atoms with E-state index in [1.54, 1.807) is 11.8 Å². The van der Waals surface area contributed by atoms with E-state index in [0.717, 1.165) is 45.3 Å². The van der Waals surface area contributed by atoms with Crippen LogP contribution in [0.15, 0.2) is 0 Å². The predicted octanol–water partition coefficient (Wildman–Crippen LogP) is 0.315. The third-order valence-corrected chi connectivity index (χ3v) is 8.20. The number of morpholine rings is 1. The summed E-state index contributed by atoms with van der Waals surface area (Å²) in [5, 5.41) is 12.1. The molecule has 2 unspecified atom stereocenters. The zero-order valence-corrected chi connectivity index (χ0v) is 21.1. The molecular weight excluding hydrogens is 454 g/mol. The van der Waals surface area contributed by atoms with Gasteiger partial charge in [-0.15, -0.1) is 0 Å². The Morgan fingerprint density at radius 2 is 1.89 bits per heavy atom. The second kappa shape index (κ2) is 11.1. The Kier molecular flexibility index (Phi) is 8.35. The molecule has 0 radical (unpaired) electrons. The zero-order chi connectivity index (χ0) is 25.1. The van der Waals surface area contributed by atoms with E-state index >= 15 is 0 Å². The van der Waals surface area contributed by atoms with Crippen LogP contribution >= 0.6 is 0 Å². The Bertz CT molecular complexity index is 789. The highest BCUT2D eigenvalue weighted by Crippen LogP contribution is 2.63. The van der Waals surface area contributed by atoms with E-state index in [4.69, 9.17) is 19.3 Å².